The second-order valence-electron chi connectivity index (χ2n) is 6.13. The Bertz CT molecular complexity index is 958. The first kappa shape index (κ1) is 17.9. The van der Waals surface area contributed by atoms with E-state index < -0.39 is 0 Å². The Morgan fingerprint density at radius 2 is 1.88 bits per heavy atom. The number of para-hydroxylation sites is 1. The van der Waals surface area contributed by atoms with E-state index in [2.05, 4.69) is 10.3 Å². The number of aromatic nitrogens is 2. The Morgan fingerprint density at radius 1 is 1.15 bits per heavy atom. The molecular formula is C19H20N4O2S. The summed E-state index contributed by atoms with van der Waals surface area (Å²) in [6, 6.07) is 8.84. The van der Waals surface area contributed by atoms with Crippen molar-refractivity contribution in [3.63, 3.8) is 0 Å². The minimum atomic E-state index is -0.250. The minimum absolute atomic E-state index is 0.158. The van der Waals surface area contributed by atoms with Crippen molar-refractivity contribution in [2.75, 3.05) is 19.4 Å². The van der Waals surface area contributed by atoms with Crippen LogP contribution in [0.2, 0.25) is 0 Å². The van der Waals surface area contributed by atoms with Crippen LogP contribution in [0, 0.1) is 13.8 Å². The van der Waals surface area contributed by atoms with Gasteiger partial charge in [-0.15, -0.1) is 11.3 Å². The topological polar surface area (TPSA) is 67.2 Å². The van der Waals surface area contributed by atoms with E-state index in [1.54, 1.807) is 44.6 Å². The highest BCUT2D eigenvalue weighted by Crippen LogP contribution is 2.24. The van der Waals surface area contributed by atoms with Crippen molar-refractivity contribution in [1.82, 2.24) is 14.5 Å². The van der Waals surface area contributed by atoms with Gasteiger partial charge in [0, 0.05) is 37.1 Å². The highest BCUT2D eigenvalue weighted by molar-refractivity contribution is 7.12. The summed E-state index contributed by atoms with van der Waals surface area (Å²) >= 11 is 1.51. The molecule has 6 nitrogen and oxygen atoms in total. The normalized spacial score (nSPS) is 10.6. The molecule has 0 aliphatic rings. The maximum Gasteiger partial charge on any atom is 0.257 e. The van der Waals surface area contributed by atoms with Crippen LogP contribution < -0.4 is 5.32 Å². The fourth-order valence-electron chi connectivity index (χ4n) is 2.82. The van der Waals surface area contributed by atoms with E-state index in [1.807, 2.05) is 29.9 Å². The smallest absolute Gasteiger partial charge is 0.257 e. The Hall–Kier alpha value is -2.93. The number of nitrogens with zero attached hydrogens (tertiary/aromatic N) is 3. The lowest BCUT2D eigenvalue weighted by molar-refractivity contribution is 0.0828. The van der Waals surface area contributed by atoms with Crippen LogP contribution in [0.5, 0.6) is 0 Å². The maximum atomic E-state index is 12.8. The van der Waals surface area contributed by atoms with Crippen molar-refractivity contribution in [1.29, 1.82) is 0 Å². The van der Waals surface area contributed by atoms with Crippen molar-refractivity contribution in [2.24, 2.45) is 0 Å². The first-order valence-electron chi connectivity index (χ1n) is 8.11. The number of hydrogen-bond donors (Lipinski definition) is 1. The molecule has 2 amide bonds. The number of nitrogens with one attached hydrogen (secondary N) is 1. The molecule has 2 heterocycles. The number of rotatable bonds is 4. The van der Waals surface area contributed by atoms with Gasteiger partial charge in [0.2, 0.25) is 0 Å². The zero-order valence-corrected chi connectivity index (χ0v) is 15.9. The van der Waals surface area contributed by atoms with Crippen molar-refractivity contribution in [2.45, 2.75) is 13.8 Å². The molecule has 7 heteroatoms. The summed E-state index contributed by atoms with van der Waals surface area (Å²) in [6.07, 6.45) is 1.74. The predicted molar refractivity (Wildman–Crippen MR) is 103 cm³/mol. The fourth-order valence-corrected chi connectivity index (χ4v) is 3.57. The maximum absolute atomic E-state index is 12.8. The van der Waals surface area contributed by atoms with Gasteiger partial charge in [-0.1, -0.05) is 12.1 Å². The van der Waals surface area contributed by atoms with Crippen LogP contribution >= 0.6 is 11.3 Å². The van der Waals surface area contributed by atoms with Crippen molar-refractivity contribution < 1.29 is 9.59 Å². The minimum Gasteiger partial charge on any atom is -0.345 e. The summed E-state index contributed by atoms with van der Waals surface area (Å²) < 4.78 is 1.95. The molecule has 0 aliphatic heterocycles. The van der Waals surface area contributed by atoms with Gasteiger partial charge in [-0.25, -0.2) is 4.98 Å². The van der Waals surface area contributed by atoms with E-state index in [0.717, 1.165) is 16.5 Å². The SMILES string of the molecule is Cc1cc(C(=O)Nc2ccccc2C(=O)N(C)C)c(C)n1-c1nccs1. The van der Waals surface area contributed by atoms with E-state index in [1.165, 1.54) is 16.2 Å². The highest BCUT2D eigenvalue weighted by Gasteiger charge is 2.20. The van der Waals surface area contributed by atoms with E-state index in [-0.39, 0.29) is 11.8 Å². The molecule has 0 saturated carbocycles. The van der Waals surface area contributed by atoms with Crippen molar-refractivity contribution >= 4 is 28.8 Å². The number of anilines is 1. The van der Waals surface area contributed by atoms with Gasteiger partial charge in [-0.05, 0) is 32.0 Å². The number of hydrogen-bond acceptors (Lipinski definition) is 4. The number of amides is 2. The Morgan fingerprint density at radius 3 is 2.54 bits per heavy atom. The molecule has 3 aromatic rings. The molecule has 0 atom stereocenters. The monoisotopic (exact) mass is 368 g/mol. The lowest BCUT2D eigenvalue weighted by Crippen LogP contribution is -2.24. The number of benzene rings is 1. The van der Waals surface area contributed by atoms with Crippen LogP contribution in [0.1, 0.15) is 32.1 Å². The summed E-state index contributed by atoms with van der Waals surface area (Å²) in [5.41, 5.74) is 3.26. The van der Waals surface area contributed by atoms with Gasteiger partial charge < -0.3 is 10.2 Å². The van der Waals surface area contributed by atoms with E-state index in [9.17, 15) is 9.59 Å². The third-order valence-electron chi connectivity index (χ3n) is 4.10. The quantitative estimate of drug-likeness (QED) is 0.766. The number of thiazole rings is 1. The van der Waals surface area contributed by atoms with Crippen molar-refractivity contribution in [3.8, 4) is 5.13 Å². The molecule has 0 bridgehead atoms. The molecule has 0 fully saturated rings. The second-order valence-corrected chi connectivity index (χ2v) is 7.01. The molecule has 0 radical (unpaired) electrons. The van der Waals surface area contributed by atoms with Gasteiger partial charge in [0.15, 0.2) is 5.13 Å². The van der Waals surface area contributed by atoms with Gasteiger partial charge in [-0.2, -0.15) is 0 Å². The number of carbonyl (C=O) groups is 2. The van der Waals surface area contributed by atoms with E-state index in [4.69, 9.17) is 0 Å². The molecule has 134 valence electrons. The Kier molecular flexibility index (Phi) is 4.90. The second kappa shape index (κ2) is 7.13. The Balaban J connectivity index is 1.93. The molecular weight excluding hydrogens is 348 g/mol. The summed E-state index contributed by atoms with van der Waals surface area (Å²) in [5.74, 6) is -0.408. The van der Waals surface area contributed by atoms with Crippen molar-refractivity contribution in [3.05, 3.63) is 64.4 Å². The summed E-state index contributed by atoms with van der Waals surface area (Å²) in [6.45, 7) is 3.83. The molecule has 26 heavy (non-hydrogen) atoms. The molecule has 0 spiro atoms. The van der Waals surface area contributed by atoms with Crippen LogP contribution in [0.25, 0.3) is 5.13 Å². The van der Waals surface area contributed by atoms with Crippen LogP contribution in [0.15, 0.2) is 41.9 Å². The summed E-state index contributed by atoms with van der Waals surface area (Å²) in [5, 5.41) is 5.59. The van der Waals surface area contributed by atoms with Crippen LogP contribution in [-0.4, -0.2) is 40.4 Å². The average molecular weight is 368 g/mol. The lowest BCUT2D eigenvalue weighted by Gasteiger charge is -2.14. The average Bonchev–Trinajstić information content (AvgIpc) is 3.22. The molecule has 3 rings (SSSR count). The van der Waals surface area contributed by atoms with Crippen LogP contribution in [0.4, 0.5) is 5.69 Å². The van der Waals surface area contributed by atoms with Gasteiger partial charge in [0.05, 0.1) is 16.8 Å². The standard InChI is InChI=1S/C19H20N4O2S/c1-12-11-15(13(2)23(12)19-20-9-10-26-19)17(24)21-16-8-6-5-7-14(16)18(25)22(3)4/h5-11H,1-4H3,(H,21,24). The first-order valence-corrected chi connectivity index (χ1v) is 8.99. The third kappa shape index (κ3) is 3.25. The number of carbonyl (C=O) groups excluding carboxylic acids is 2. The van der Waals surface area contributed by atoms with Crippen LogP contribution in [-0.2, 0) is 0 Å². The fraction of sp³-hybridized carbons (Fsp3) is 0.211. The zero-order chi connectivity index (χ0) is 18.8. The molecule has 1 N–H and O–H groups in total. The van der Waals surface area contributed by atoms with E-state index in [0.29, 0.717) is 16.8 Å². The molecule has 0 aliphatic carbocycles. The van der Waals surface area contributed by atoms with Crippen LogP contribution in [0.3, 0.4) is 0 Å². The number of aryl methyl sites for hydroxylation is 1. The van der Waals surface area contributed by atoms with E-state index >= 15 is 0 Å². The molecule has 2 aromatic heterocycles. The van der Waals surface area contributed by atoms with Gasteiger partial charge in [-0.3, -0.25) is 14.2 Å². The predicted octanol–water partition coefficient (Wildman–Crippen LogP) is 3.50. The highest BCUT2D eigenvalue weighted by atomic mass is 32.1. The van der Waals surface area contributed by atoms with Gasteiger partial charge in [0.1, 0.15) is 0 Å². The molecule has 0 saturated heterocycles. The van der Waals surface area contributed by atoms with Gasteiger partial charge >= 0.3 is 0 Å². The molecule has 1 aromatic carbocycles. The Labute approximate surface area is 156 Å². The first-order chi connectivity index (χ1) is 12.4. The largest absolute Gasteiger partial charge is 0.345 e. The molecule has 0 unspecified atom stereocenters. The zero-order valence-electron chi connectivity index (χ0n) is 15.1. The summed E-state index contributed by atoms with van der Waals surface area (Å²) in [7, 11) is 3.37. The third-order valence-corrected chi connectivity index (χ3v) is 4.85. The van der Waals surface area contributed by atoms with Gasteiger partial charge in [0.25, 0.3) is 11.8 Å². The summed E-state index contributed by atoms with van der Waals surface area (Å²) in [4.78, 5) is 31.0. The lowest BCUT2D eigenvalue weighted by atomic mass is 10.1.